The summed E-state index contributed by atoms with van der Waals surface area (Å²) in [7, 11) is 2.00. The third-order valence-corrected chi connectivity index (χ3v) is 3.69. The lowest BCUT2D eigenvalue weighted by Crippen LogP contribution is -2.43. The summed E-state index contributed by atoms with van der Waals surface area (Å²) in [6.07, 6.45) is 6.40. The summed E-state index contributed by atoms with van der Waals surface area (Å²) in [5, 5.41) is 7.52. The Morgan fingerprint density at radius 3 is 3.05 bits per heavy atom. The third-order valence-electron chi connectivity index (χ3n) is 3.69. The first-order chi connectivity index (χ1) is 9.28. The highest BCUT2D eigenvalue weighted by Gasteiger charge is 2.26. The topological polar surface area (TPSA) is 64.3 Å². The van der Waals surface area contributed by atoms with E-state index in [1.807, 2.05) is 20.0 Å². The molecule has 102 valence electrons. The lowest BCUT2D eigenvalue weighted by Gasteiger charge is -2.31. The van der Waals surface area contributed by atoms with Gasteiger partial charge in [-0.15, -0.1) is 0 Å². The molecule has 3 rings (SSSR count). The molecule has 1 N–H and O–H groups in total. The number of hydrogen-bond donors (Lipinski definition) is 1. The molecular weight excluding hydrogens is 242 g/mol. The zero-order chi connectivity index (χ0) is 13.2. The first kappa shape index (κ1) is 12.3. The Bertz CT molecular complexity index is 567. The Morgan fingerprint density at radius 1 is 1.37 bits per heavy atom. The summed E-state index contributed by atoms with van der Waals surface area (Å²) in [6, 6.07) is 2.32. The second kappa shape index (κ2) is 5.13. The minimum absolute atomic E-state index is 0.188. The van der Waals surface area contributed by atoms with Crippen LogP contribution in [0.3, 0.4) is 0 Å². The molecule has 1 aliphatic carbocycles. The van der Waals surface area contributed by atoms with E-state index in [1.165, 1.54) is 19.2 Å². The number of nitrogens with zero attached hydrogens (tertiary/aromatic N) is 4. The molecule has 1 fully saturated rings. The van der Waals surface area contributed by atoms with Gasteiger partial charge in [-0.2, -0.15) is 14.6 Å². The maximum Gasteiger partial charge on any atom is 0.255 e. The number of nitrogens with one attached hydrogen (secondary N) is 1. The summed E-state index contributed by atoms with van der Waals surface area (Å²) in [4.78, 5) is 8.44. The van der Waals surface area contributed by atoms with Gasteiger partial charge >= 0.3 is 0 Å². The molecule has 0 bridgehead atoms. The molecule has 2 unspecified atom stereocenters. The number of ether oxygens (including phenoxy) is 1. The van der Waals surface area contributed by atoms with Gasteiger partial charge in [0, 0.05) is 17.8 Å². The number of aromatic nitrogens is 4. The highest BCUT2D eigenvalue weighted by Crippen LogP contribution is 2.24. The fourth-order valence-electron chi connectivity index (χ4n) is 2.70. The number of likely N-dealkylation sites (N-methyl/N-ethyl adjacent to an activating group) is 1. The Hall–Kier alpha value is -1.69. The predicted molar refractivity (Wildman–Crippen MR) is 71.3 cm³/mol. The number of fused-ring (bicyclic) bond motifs is 1. The Morgan fingerprint density at radius 2 is 2.21 bits per heavy atom. The zero-order valence-electron chi connectivity index (χ0n) is 11.3. The van der Waals surface area contributed by atoms with E-state index in [9.17, 15) is 0 Å². The quantitative estimate of drug-likeness (QED) is 0.903. The van der Waals surface area contributed by atoms with Crippen molar-refractivity contribution < 1.29 is 4.74 Å². The van der Waals surface area contributed by atoms with E-state index in [0.29, 0.717) is 11.8 Å². The van der Waals surface area contributed by atoms with Crippen molar-refractivity contribution in [3.05, 3.63) is 18.1 Å². The van der Waals surface area contributed by atoms with Crippen molar-refractivity contribution in [2.75, 3.05) is 7.05 Å². The van der Waals surface area contributed by atoms with Gasteiger partial charge in [0.25, 0.3) is 5.78 Å². The first-order valence-corrected chi connectivity index (χ1v) is 6.79. The molecule has 2 aromatic heterocycles. The minimum atomic E-state index is 0.188. The van der Waals surface area contributed by atoms with Crippen LogP contribution in [0.5, 0.6) is 5.88 Å². The van der Waals surface area contributed by atoms with Crippen LogP contribution >= 0.6 is 0 Å². The number of aryl methyl sites for hydroxylation is 1. The van der Waals surface area contributed by atoms with Crippen LogP contribution in [-0.2, 0) is 0 Å². The standard InChI is InChI=1S/C13H19N5O/c1-9-7-12(18-13(17-9)15-8-16-18)19-11-6-4-3-5-10(11)14-2/h7-8,10-11,14H,3-6H2,1-2H3. The average molecular weight is 261 g/mol. The molecule has 2 aromatic rings. The molecule has 6 heteroatoms. The van der Waals surface area contributed by atoms with Crippen LogP contribution in [0.15, 0.2) is 12.4 Å². The fourth-order valence-corrected chi connectivity index (χ4v) is 2.70. The fraction of sp³-hybridized carbons (Fsp3) is 0.615. The van der Waals surface area contributed by atoms with E-state index in [-0.39, 0.29) is 6.10 Å². The lowest BCUT2D eigenvalue weighted by atomic mass is 9.92. The van der Waals surface area contributed by atoms with Crippen molar-refractivity contribution in [1.29, 1.82) is 0 Å². The van der Waals surface area contributed by atoms with Crippen molar-refractivity contribution in [1.82, 2.24) is 24.9 Å². The van der Waals surface area contributed by atoms with Crippen LogP contribution in [0.25, 0.3) is 5.78 Å². The molecule has 2 atom stereocenters. The van der Waals surface area contributed by atoms with Crippen molar-refractivity contribution in [3.8, 4) is 5.88 Å². The van der Waals surface area contributed by atoms with Crippen LogP contribution in [0.1, 0.15) is 31.4 Å². The van der Waals surface area contributed by atoms with Crippen LogP contribution in [-0.4, -0.2) is 38.8 Å². The average Bonchev–Trinajstić information content (AvgIpc) is 2.87. The summed E-state index contributed by atoms with van der Waals surface area (Å²) in [5.41, 5.74) is 0.896. The van der Waals surface area contributed by atoms with Gasteiger partial charge in [-0.3, -0.25) is 0 Å². The smallest absolute Gasteiger partial charge is 0.255 e. The maximum atomic E-state index is 6.17. The minimum Gasteiger partial charge on any atom is -0.473 e. The number of hydrogen-bond acceptors (Lipinski definition) is 5. The van der Waals surface area contributed by atoms with E-state index >= 15 is 0 Å². The Labute approximate surface area is 112 Å². The van der Waals surface area contributed by atoms with Crippen LogP contribution in [0.4, 0.5) is 0 Å². The normalized spacial score (nSPS) is 23.7. The molecule has 0 amide bonds. The maximum absolute atomic E-state index is 6.17. The van der Waals surface area contributed by atoms with Gasteiger partial charge in [0.2, 0.25) is 5.88 Å². The van der Waals surface area contributed by atoms with E-state index in [1.54, 1.807) is 4.52 Å². The van der Waals surface area contributed by atoms with Crippen molar-refractivity contribution >= 4 is 5.78 Å². The third kappa shape index (κ3) is 2.40. The highest BCUT2D eigenvalue weighted by atomic mass is 16.5. The molecule has 0 spiro atoms. The van der Waals surface area contributed by atoms with E-state index < -0.39 is 0 Å². The van der Waals surface area contributed by atoms with Crippen molar-refractivity contribution in [2.24, 2.45) is 0 Å². The van der Waals surface area contributed by atoms with Crippen LogP contribution in [0.2, 0.25) is 0 Å². The van der Waals surface area contributed by atoms with E-state index in [0.717, 1.165) is 24.4 Å². The molecule has 0 aromatic carbocycles. The van der Waals surface area contributed by atoms with Gasteiger partial charge in [0.1, 0.15) is 12.4 Å². The molecule has 0 aliphatic heterocycles. The SMILES string of the molecule is CNC1CCCCC1Oc1cc(C)nc2ncnn12. The Balaban J connectivity index is 1.89. The Kier molecular flexibility index (Phi) is 3.33. The predicted octanol–water partition coefficient (Wildman–Crippen LogP) is 1.34. The van der Waals surface area contributed by atoms with E-state index in [2.05, 4.69) is 20.4 Å². The van der Waals surface area contributed by atoms with Gasteiger partial charge in [-0.05, 0) is 33.2 Å². The van der Waals surface area contributed by atoms with Gasteiger partial charge in [-0.25, -0.2) is 4.98 Å². The molecule has 6 nitrogen and oxygen atoms in total. The van der Waals surface area contributed by atoms with Crippen molar-refractivity contribution in [2.45, 2.75) is 44.8 Å². The van der Waals surface area contributed by atoms with Gasteiger partial charge in [-0.1, -0.05) is 6.42 Å². The molecule has 0 radical (unpaired) electrons. The molecule has 1 aliphatic rings. The summed E-state index contributed by atoms with van der Waals surface area (Å²) >= 11 is 0. The first-order valence-electron chi connectivity index (χ1n) is 6.79. The summed E-state index contributed by atoms with van der Waals surface area (Å²) in [6.45, 7) is 1.94. The largest absolute Gasteiger partial charge is 0.473 e. The second-order valence-corrected chi connectivity index (χ2v) is 5.04. The summed E-state index contributed by atoms with van der Waals surface area (Å²) < 4.78 is 7.83. The van der Waals surface area contributed by atoms with Gasteiger partial charge in [0.15, 0.2) is 0 Å². The lowest BCUT2D eigenvalue weighted by molar-refractivity contribution is 0.110. The monoisotopic (exact) mass is 261 g/mol. The zero-order valence-corrected chi connectivity index (χ0v) is 11.3. The van der Waals surface area contributed by atoms with Crippen LogP contribution < -0.4 is 10.1 Å². The van der Waals surface area contributed by atoms with Crippen molar-refractivity contribution in [3.63, 3.8) is 0 Å². The summed E-state index contributed by atoms with van der Waals surface area (Å²) in [5.74, 6) is 1.32. The van der Waals surface area contributed by atoms with Crippen LogP contribution in [0, 0.1) is 6.92 Å². The molecule has 2 heterocycles. The molecule has 0 saturated heterocycles. The molecule has 19 heavy (non-hydrogen) atoms. The molecule has 1 saturated carbocycles. The molecular formula is C13H19N5O. The highest BCUT2D eigenvalue weighted by molar-refractivity contribution is 5.32. The van der Waals surface area contributed by atoms with Gasteiger partial charge in [0.05, 0.1) is 0 Å². The number of rotatable bonds is 3. The van der Waals surface area contributed by atoms with Gasteiger partial charge < -0.3 is 10.1 Å². The van der Waals surface area contributed by atoms with E-state index in [4.69, 9.17) is 4.74 Å². The second-order valence-electron chi connectivity index (χ2n) is 5.04.